The van der Waals surface area contributed by atoms with Gasteiger partial charge in [-0.1, -0.05) is 0 Å². The highest BCUT2D eigenvalue weighted by atomic mass is 19.4. The number of amides is 1. The Hall–Kier alpha value is -1.57. The maximum Gasteiger partial charge on any atom is 0.415 e. The molecule has 2 N–H and O–H groups in total. The van der Waals surface area contributed by atoms with Crippen LogP contribution >= 0.6 is 0 Å². The first kappa shape index (κ1) is 12.9. The molecule has 1 aliphatic heterocycles. The molecule has 0 spiro atoms. The van der Waals surface area contributed by atoms with E-state index in [1.165, 1.54) is 0 Å². The number of carbonyl (C=O) groups is 1. The van der Waals surface area contributed by atoms with Crippen LogP contribution in [0.4, 0.5) is 13.2 Å². The molecule has 1 atom stereocenters. The fourth-order valence-electron chi connectivity index (χ4n) is 1.80. The van der Waals surface area contributed by atoms with Crippen molar-refractivity contribution in [1.82, 2.24) is 14.5 Å². The molecule has 1 aromatic rings. The van der Waals surface area contributed by atoms with Gasteiger partial charge in [0, 0.05) is 25.5 Å². The summed E-state index contributed by atoms with van der Waals surface area (Å²) in [5, 5.41) is 0. The molecule has 1 unspecified atom stereocenters. The Morgan fingerprint density at radius 1 is 1.44 bits per heavy atom. The van der Waals surface area contributed by atoms with Gasteiger partial charge in [0.25, 0.3) is 5.91 Å². The fourth-order valence-corrected chi connectivity index (χ4v) is 1.80. The highest BCUT2D eigenvalue weighted by Gasteiger charge is 2.55. The van der Waals surface area contributed by atoms with E-state index in [0.29, 0.717) is 19.3 Å². The van der Waals surface area contributed by atoms with Crippen LogP contribution in [0.5, 0.6) is 0 Å². The zero-order chi connectivity index (χ0) is 13.6. The van der Waals surface area contributed by atoms with Crippen molar-refractivity contribution in [1.29, 1.82) is 0 Å². The zero-order valence-corrected chi connectivity index (χ0v) is 9.74. The van der Waals surface area contributed by atoms with Gasteiger partial charge >= 0.3 is 6.18 Å². The third kappa shape index (κ3) is 1.96. The zero-order valence-electron chi connectivity index (χ0n) is 9.74. The number of hydrogen-bond acceptors (Lipinski definition) is 3. The summed E-state index contributed by atoms with van der Waals surface area (Å²) in [6.07, 6.45) is -1.49. The Kier molecular flexibility index (Phi) is 2.84. The second-order valence-corrected chi connectivity index (χ2v) is 4.46. The summed E-state index contributed by atoms with van der Waals surface area (Å²) in [4.78, 5) is 16.9. The standard InChI is InChI=1S/C10H13F3N4O/c1-9(14,10(11,12)13)8(18)17-5-4-16-3-2-15-7(16)6-17/h2-3H,4-6,14H2,1H3. The average molecular weight is 262 g/mol. The summed E-state index contributed by atoms with van der Waals surface area (Å²) in [6.45, 7) is 1.37. The lowest BCUT2D eigenvalue weighted by molar-refractivity contribution is -0.194. The minimum atomic E-state index is -4.77. The molecule has 0 bridgehead atoms. The molecule has 1 aromatic heterocycles. The number of halogens is 3. The van der Waals surface area contributed by atoms with E-state index < -0.39 is 17.6 Å². The summed E-state index contributed by atoms with van der Waals surface area (Å²) in [5.74, 6) is -0.558. The molecule has 0 aromatic carbocycles. The van der Waals surface area contributed by atoms with Crippen molar-refractivity contribution in [2.75, 3.05) is 6.54 Å². The van der Waals surface area contributed by atoms with Crippen molar-refractivity contribution < 1.29 is 18.0 Å². The van der Waals surface area contributed by atoms with Gasteiger partial charge < -0.3 is 15.2 Å². The van der Waals surface area contributed by atoms with Gasteiger partial charge in [0.1, 0.15) is 5.82 Å². The van der Waals surface area contributed by atoms with Crippen LogP contribution in [0.3, 0.4) is 0 Å². The van der Waals surface area contributed by atoms with E-state index in [1.807, 2.05) is 0 Å². The first-order valence-corrected chi connectivity index (χ1v) is 5.38. The van der Waals surface area contributed by atoms with E-state index in [2.05, 4.69) is 4.98 Å². The molecule has 18 heavy (non-hydrogen) atoms. The molecule has 0 saturated carbocycles. The topological polar surface area (TPSA) is 64.2 Å². The first-order valence-electron chi connectivity index (χ1n) is 5.38. The van der Waals surface area contributed by atoms with Gasteiger partial charge in [0.2, 0.25) is 0 Å². The Balaban J connectivity index is 2.17. The predicted octanol–water partition coefficient (Wildman–Crippen LogP) is 0.505. The van der Waals surface area contributed by atoms with Gasteiger partial charge in [-0.2, -0.15) is 13.2 Å². The summed E-state index contributed by atoms with van der Waals surface area (Å²) >= 11 is 0. The van der Waals surface area contributed by atoms with Crippen LogP contribution in [0.1, 0.15) is 12.7 Å². The number of nitrogens with zero attached hydrogens (tertiary/aromatic N) is 3. The third-order valence-electron chi connectivity index (χ3n) is 3.07. The van der Waals surface area contributed by atoms with E-state index in [0.717, 1.165) is 4.90 Å². The number of aromatic nitrogens is 2. The smallest absolute Gasteiger partial charge is 0.332 e. The van der Waals surface area contributed by atoms with Gasteiger partial charge in [-0.25, -0.2) is 4.98 Å². The Morgan fingerprint density at radius 2 is 2.11 bits per heavy atom. The van der Waals surface area contributed by atoms with Crippen LogP contribution in [0.25, 0.3) is 0 Å². The molecule has 0 radical (unpaired) electrons. The number of fused-ring (bicyclic) bond motifs is 1. The van der Waals surface area contributed by atoms with Crippen LogP contribution < -0.4 is 5.73 Å². The molecule has 1 amide bonds. The largest absolute Gasteiger partial charge is 0.415 e. The fraction of sp³-hybridized carbons (Fsp3) is 0.600. The van der Waals surface area contributed by atoms with Crippen molar-refractivity contribution in [2.45, 2.75) is 31.7 Å². The summed E-state index contributed by atoms with van der Waals surface area (Å²) in [7, 11) is 0. The summed E-state index contributed by atoms with van der Waals surface area (Å²) in [6, 6.07) is 0. The molecule has 1 aliphatic rings. The molecule has 0 aliphatic carbocycles. The third-order valence-corrected chi connectivity index (χ3v) is 3.07. The van der Waals surface area contributed by atoms with Crippen LogP contribution in [0.15, 0.2) is 12.4 Å². The Bertz CT molecular complexity index is 466. The van der Waals surface area contributed by atoms with Gasteiger partial charge in [0.05, 0.1) is 6.54 Å². The van der Waals surface area contributed by atoms with Gasteiger partial charge in [0.15, 0.2) is 5.54 Å². The number of carbonyl (C=O) groups excluding carboxylic acids is 1. The molecule has 0 saturated heterocycles. The minimum Gasteiger partial charge on any atom is -0.332 e. The monoisotopic (exact) mass is 262 g/mol. The predicted molar refractivity (Wildman–Crippen MR) is 56.3 cm³/mol. The molecule has 5 nitrogen and oxygen atoms in total. The number of nitrogens with two attached hydrogens (primary N) is 1. The average Bonchev–Trinajstić information content (AvgIpc) is 2.73. The molecular formula is C10H13F3N4O. The molecule has 2 heterocycles. The van der Waals surface area contributed by atoms with Crippen LogP contribution in [-0.4, -0.2) is 38.6 Å². The van der Waals surface area contributed by atoms with Crippen molar-refractivity contribution in [3.05, 3.63) is 18.2 Å². The number of hydrogen-bond donors (Lipinski definition) is 1. The number of alkyl halides is 3. The van der Waals surface area contributed by atoms with Crippen molar-refractivity contribution in [2.24, 2.45) is 5.73 Å². The first-order chi connectivity index (χ1) is 8.23. The van der Waals surface area contributed by atoms with E-state index in [9.17, 15) is 18.0 Å². The van der Waals surface area contributed by atoms with E-state index in [1.54, 1.807) is 17.0 Å². The van der Waals surface area contributed by atoms with Gasteiger partial charge in [-0.3, -0.25) is 4.79 Å². The van der Waals surface area contributed by atoms with E-state index >= 15 is 0 Å². The quantitative estimate of drug-likeness (QED) is 0.801. The highest BCUT2D eigenvalue weighted by Crippen LogP contribution is 2.30. The lowest BCUT2D eigenvalue weighted by Crippen LogP contribution is -2.62. The maximum absolute atomic E-state index is 12.7. The molecular weight excluding hydrogens is 249 g/mol. The second-order valence-electron chi connectivity index (χ2n) is 4.46. The van der Waals surface area contributed by atoms with Crippen LogP contribution in [-0.2, 0) is 17.9 Å². The van der Waals surface area contributed by atoms with Gasteiger partial charge in [-0.15, -0.1) is 0 Å². The normalized spacial score (nSPS) is 19.3. The van der Waals surface area contributed by atoms with Gasteiger partial charge in [-0.05, 0) is 6.92 Å². The van der Waals surface area contributed by atoms with E-state index in [-0.39, 0.29) is 13.1 Å². The van der Waals surface area contributed by atoms with Crippen molar-refractivity contribution in [3.8, 4) is 0 Å². The molecule has 2 rings (SSSR count). The highest BCUT2D eigenvalue weighted by molar-refractivity contribution is 5.86. The maximum atomic E-state index is 12.7. The number of rotatable bonds is 1. The summed E-state index contributed by atoms with van der Waals surface area (Å²) < 4.78 is 39.8. The minimum absolute atomic E-state index is 0.0503. The van der Waals surface area contributed by atoms with Crippen LogP contribution in [0, 0.1) is 0 Å². The molecule has 100 valence electrons. The second kappa shape index (κ2) is 3.98. The molecule has 0 fully saturated rings. The molecule has 8 heteroatoms. The lowest BCUT2D eigenvalue weighted by Gasteiger charge is -2.35. The Morgan fingerprint density at radius 3 is 2.72 bits per heavy atom. The van der Waals surface area contributed by atoms with Crippen LogP contribution in [0.2, 0.25) is 0 Å². The Labute approximate surface area is 101 Å². The van der Waals surface area contributed by atoms with E-state index in [4.69, 9.17) is 5.73 Å². The van der Waals surface area contributed by atoms with Crippen molar-refractivity contribution in [3.63, 3.8) is 0 Å². The summed E-state index contributed by atoms with van der Waals surface area (Å²) in [5.41, 5.74) is 2.26. The van der Waals surface area contributed by atoms with Crippen molar-refractivity contribution >= 4 is 5.91 Å². The lowest BCUT2D eigenvalue weighted by atomic mass is 10.0. The SMILES string of the molecule is CC(N)(C(=O)N1CCn2ccnc2C1)C(F)(F)F. The number of imidazole rings is 1.